The number of rotatable bonds is 6. The molecule has 1 N–H and O–H groups in total. The van der Waals surface area contributed by atoms with Gasteiger partial charge in [-0.3, -0.25) is 19.7 Å². The number of carbonyl (C=O) groups is 1. The molecule has 1 saturated heterocycles. The third-order valence-corrected chi connectivity index (χ3v) is 6.51. The minimum Gasteiger partial charge on any atom is -0.347 e. The van der Waals surface area contributed by atoms with E-state index in [1.165, 1.54) is 0 Å². The maximum atomic E-state index is 13.8. The van der Waals surface area contributed by atoms with Crippen LogP contribution in [-0.2, 0) is 4.79 Å². The smallest absolute Gasteiger partial charge is 0.237 e. The SMILES string of the molecule is CC(C)(C)N1CCC[C@H]1C(=O)NC(c1cccc(C#N)c1)C(c1cccnc1)c1cccnc1. The highest BCUT2D eigenvalue weighted by Gasteiger charge is 2.39. The molecule has 6 heteroatoms. The normalized spacial score (nSPS) is 17.3. The Hall–Kier alpha value is -3.56. The van der Waals surface area contributed by atoms with Crippen molar-refractivity contribution in [2.75, 3.05) is 6.54 Å². The summed E-state index contributed by atoms with van der Waals surface area (Å²) in [5, 5.41) is 12.9. The predicted molar refractivity (Wildman–Crippen MR) is 132 cm³/mol. The van der Waals surface area contributed by atoms with Gasteiger partial charge in [0.2, 0.25) is 5.91 Å². The Morgan fingerprint density at radius 1 is 1.06 bits per heavy atom. The molecule has 3 heterocycles. The Bertz CT molecular complexity index is 1110. The van der Waals surface area contributed by atoms with Crippen molar-refractivity contribution >= 4 is 5.91 Å². The molecule has 0 bridgehead atoms. The number of aromatic nitrogens is 2. The van der Waals surface area contributed by atoms with E-state index in [9.17, 15) is 10.1 Å². The highest BCUT2D eigenvalue weighted by Crippen LogP contribution is 2.37. The van der Waals surface area contributed by atoms with Gasteiger partial charge in [0.1, 0.15) is 0 Å². The molecule has 1 aromatic carbocycles. The number of carbonyl (C=O) groups excluding carboxylic acids is 1. The lowest BCUT2D eigenvalue weighted by Gasteiger charge is -2.37. The van der Waals surface area contributed by atoms with Crippen molar-refractivity contribution in [1.82, 2.24) is 20.2 Å². The Morgan fingerprint density at radius 3 is 2.26 bits per heavy atom. The van der Waals surface area contributed by atoms with Crippen molar-refractivity contribution in [3.05, 3.63) is 95.6 Å². The molecule has 4 rings (SSSR count). The molecule has 0 radical (unpaired) electrons. The molecule has 1 aliphatic heterocycles. The van der Waals surface area contributed by atoms with E-state index in [2.05, 4.69) is 47.0 Å². The van der Waals surface area contributed by atoms with Crippen LogP contribution in [0.25, 0.3) is 0 Å². The van der Waals surface area contributed by atoms with E-state index in [4.69, 9.17) is 0 Å². The van der Waals surface area contributed by atoms with Gasteiger partial charge in [-0.2, -0.15) is 5.26 Å². The first kappa shape index (κ1) is 23.6. The fourth-order valence-electron chi connectivity index (χ4n) is 4.95. The Labute approximate surface area is 201 Å². The van der Waals surface area contributed by atoms with Crippen LogP contribution in [0.2, 0.25) is 0 Å². The summed E-state index contributed by atoms with van der Waals surface area (Å²) in [5.41, 5.74) is 3.29. The molecule has 0 spiro atoms. The second kappa shape index (κ2) is 10.1. The van der Waals surface area contributed by atoms with Gasteiger partial charge in [0.15, 0.2) is 0 Å². The van der Waals surface area contributed by atoms with Gasteiger partial charge in [0.05, 0.1) is 23.7 Å². The molecule has 6 nitrogen and oxygen atoms in total. The largest absolute Gasteiger partial charge is 0.347 e. The molecule has 2 atom stereocenters. The zero-order chi connectivity index (χ0) is 24.1. The topological polar surface area (TPSA) is 81.9 Å². The maximum absolute atomic E-state index is 13.8. The van der Waals surface area contributed by atoms with Crippen molar-refractivity contribution in [1.29, 1.82) is 5.26 Å². The first-order chi connectivity index (χ1) is 16.4. The summed E-state index contributed by atoms with van der Waals surface area (Å²) in [6.07, 6.45) is 8.99. The summed E-state index contributed by atoms with van der Waals surface area (Å²) in [5.74, 6) is -0.206. The molecule has 1 fully saturated rings. The van der Waals surface area contributed by atoms with Gasteiger partial charge in [-0.15, -0.1) is 0 Å². The fourth-order valence-corrected chi connectivity index (χ4v) is 4.95. The predicted octanol–water partition coefficient (Wildman–Crippen LogP) is 4.60. The van der Waals surface area contributed by atoms with Gasteiger partial charge >= 0.3 is 0 Å². The van der Waals surface area contributed by atoms with Crippen LogP contribution in [0.4, 0.5) is 0 Å². The van der Waals surface area contributed by atoms with Crippen molar-refractivity contribution in [2.24, 2.45) is 0 Å². The Morgan fingerprint density at radius 2 is 1.71 bits per heavy atom. The zero-order valence-electron chi connectivity index (χ0n) is 20.0. The summed E-state index contributed by atoms with van der Waals surface area (Å²) in [7, 11) is 0. The third-order valence-electron chi connectivity index (χ3n) is 6.51. The van der Waals surface area contributed by atoms with Crippen molar-refractivity contribution < 1.29 is 4.79 Å². The van der Waals surface area contributed by atoms with Gasteiger partial charge in [-0.05, 0) is 81.1 Å². The molecular formula is C28H31N5O. The lowest BCUT2D eigenvalue weighted by atomic mass is 9.82. The lowest BCUT2D eigenvalue weighted by molar-refractivity contribution is -0.128. The van der Waals surface area contributed by atoms with Crippen LogP contribution in [-0.4, -0.2) is 38.9 Å². The highest BCUT2D eigenvalue weighted by molar-refractivity contribution is 5.83. The van der Waals surface area contributed by atoms with Crippen molar-refractivity contribution in [3.8, 4) is 6.07 Å². The molecule has 34 heavy (non-hydrogen) atoms. The second-order valence-corrected chi connectivity index (χ2v) is 9.80. The summed E-state index contributed by atoms with van der Waals surface area (Å²) in [6.45, 7) is 7.37. The number of nitrogens with one attached hydrogen (secondary N) is 1. The number of likely N-dealkylation sites (tertiary alicyclic amines) is 1. The number of pyridine rings is 2. The summed E-state index contributed by atoms with van der Waals surface area (Å²) < 4.78 is 0. The first-order valence-electron chi connectivity index (χ1n) is 11.8. The van der Waals surface area contributed by atoms with Crippen LogP contribution in [0.15, 0.2) is 73.3 Å². The molecular weight excluding hydrogens is 422 g/mol. The lowest BCUT2D eigenvalue weighted by Crippen LogP contribution is -2.52. The molecule has 1 amide bonds. The Balaban J connectivity index is 1.79. The fraction of sp³-hybridized carbons (Fsp3) is 0.357. The number of hydrogen-bond donors (Lipinski definition) is 1. The standard InChI is InChI=1S/C28H31N5O/c1-28(2,3)33-15-7-12-24(33)27(34)32-26(21-9-4-8-20(16-21)17-29)25(22-10-5-13-30-18-22)23-11-6-14-31-19-23/h4-6,8-11,13-14,16,18-19,24-26H,7,12,15H2,1-3H3,(H,32,34)/t24-,26?/m0/s1. The molecule has 0 aliphatic carbocycles. The number of nitriles is 1. The van der Waals surface area contributed by atoms with E-state index >= 15 is 0 Å². The summed E-state index contributed by atoms with van der Waals surface area (Å²) >= 11 is 0. The van der Waals surface area contributed by atoms with Crippen LogP contribution in [0.5, 0.6) is 0 Å². The van der Waals surface area contributed by atoms with E-state index < -0.39 is 6.04 Å². The Kier molecular flexibility index (Phi) is 7.04. The van der Waals surface area contributed by atoms with Crippen LogP contribution >= 0.6 is 0 Å². The van der Waals surface area contributed by atoms with E-state index in [1.807, 2.05) is 54.9 Å². The average Bonchev–Trinajstić information content (AvgIpc) is 3.36. The minimum atomic E-state index is -0.392. The van der Waals surface area contributed by atoms with E-state index in [1.54, 1.807) is 18.5 Å². The van der Waals surface area contributed by atoms with Gasteiger partial charge in [-0.1, -0.05) is 24.3 Å². The number of amides is 1. The van der Waals surface area contributed by atoms with Gasteiger partial charge in [-0.25, -0.2) is 0 Å². The van der Waals surface area contributed by atoms with Gasteiger partial charge in [0.25, 0.3) is 0 Å². The van der Waals surface area contributed by atoms with E-state index in [-0.39, 0.29) is 23.4 Å². The number of benzene rings is 1. The molecule has 3 aromatic rings. The van der Waals surface area contributed by atoms with E-state index in [0.717, 1.165) is 36.1 Å². The molecule has 2 aromatic heterocycles. The van der Waals surface area contributed by atoms with Crippen LogP contribution in [0.1, 0.15) is 67.8 Å². The second-order valence-electron chi connectivity index (χ2n) is 9.80. The van der Waals surface area contributed by atoms with E-state index in [0.29, 0.717) is 5.56 Å². The molecule has 1 unspecified atom stereocenters. The molecule has 0 saturated carbocycles. The molecule has 174 valence electrons. The van der Waals surface area contributed by atoms with Gasteiger partial charge < -0.3 is 5.32 Å². The van der Waals surface area contributed by atoms with Crippen LogP contribution in [0.3, 0.4) is 0 Å². The molecule has 1 aliphatic rings. The van der Waals surface area contributed by atoms with Crippen LogP contribution in [0, 0.1) is 11.3 Å². The minimum absolute atomic E-state index is 0.0116. The maximum Gasteiger partial charge on any atom is 0.237 e. The highest BCUT2D eigenvalue weighted by atomic mass is 16.2. The monoisotopic (exact) mass is 453 g/mol. The van der Waals surface area contributed by atoms with Crippen molar-refractivity contribution in [3.63, 3.8) is 0 Å². The average molecular weight is 454 g/mol. The van der Waals surface area contributed by atoms with Crippen LogP contribution < -0.4 is 5.32 Å². The summed E-state index contributed by atoms with van der Waals surface area (Å²) in [6, 6.07) is 17.0. The first-order valence-corrected chi connectivity index (χ1v) is 11.8. The summed E-state index contributed by atoms with van der Waals surface area (Å²) in [4.78, 5) is 24.7. The van der Waals surface area contributed by atoms with Gasteiger partial charge in [0, 0.05) is 36.2 Å². The van der Waals surface area contributed by atoms with Crippen molar-refractivity contribution in [2.45, 2.75) is 57.2 Å². The quantitative estimate of drug-likeness (QED) is 0.590. The third kappa shape index (κ3) is 5.16. The number of nitrogens with zero attached hydrogens (tertiary/aromatic N) is 4. The number of hydrogen-bond acceptors (Lipinski definition) is 5. The zero-order valence-corrected chi connectivity index (χ0v) is 20.0.